The number of nitrogens with zero attached hydrogens (tertiary/aromatic N) is 3. The maximum absolute atomic E-state index is 12.8. The van der Waals surface area contributed by atoms with Crippen molar-refractivity contribution in [3.05, 3.63) is 10.8 Å². The van der Waals surface area contributed by atoms with Gasteiger partial charge < -0.3 is 5.73 Å². The van der Waals surface area contributed by atoms with Crippen LogP contribution >= 0.6 is 11.6 Å². The Bertz CT molecular complexity index is 597. The SMILES string of the molecule is Cc1nn(C)c(Cl)c1S(=O)(=O)N1CCC[C@H]([C@H](C)N)C1. The first-order chi connectivity index (χ1) is 9.25. The molecule has 20 heavy (non-hydrogen) atoms. The molecule has 1 aromatic heterocycles. The minimum absolute atomic E-state index is 0.0153. The maximum Gasteiger partial charge on any atom is 0.248 e. The quantitative estimate of drug-likeness (QED) is 0.905. The van der Waals surface area contributed by atoms with Crippen LogP contribution in [0.4, 0.5) is 0 Å². The lowest BCUT2D eigenvalue weighted by Crippen LogP contribution is -2.45. The smallest absolute Gasteiger partial charge is 0.248 e. The second-order valence-corrected chi connectivity index (χ2v) is 7.69. The van der Waals surface area contributed by atoms with E-state index in [1.165, 1.54) is 8.99 Å². The van der Waals surface area contributed by atoms with Crippen LogP contribution in [0.2, 0.25) is 5.15 Å². The van der Waals surface area contributed by atoms with Crippen LogP contribution in [-0.2, 0) is 17.1 Å². The fourth-order valence-electron chi connectivity index (χ4n) is 2.65. The zero-order chi connectivity index (χ0) is 15.1. The van der Waals surface area contributed by atoms with Crippen LogP contribution in [0.1, 0.15) is 25.5 Å². The molecule has 0 aliphatic carbocycles. The van der Waals surface area contributed by atoms with Gasteiger partial charge in [-0.2, -0.15) is 9.40 Å². The topological polar surface area (TPSA) is 81.2 Å². The van der Waals surface area contributed by atoms with E-state index in [1.54, 1.807) is 14.0 Å². The minimum Gasteiger partial charge on any atom is -0.328 e. The molecule has 2 atom stereocenters. The van der Waals surface area contributed by atoms with Gasteiger partial charge in [0.15, 0.2) is 0 Å². The molecule has 0 amide bonds. The minimum atomic E-state index is -3.61. The molecule has 0 spiro atoms. The van der Waals surface area contributed by atoms with Gasteiger partial charge in [0.1, 0.15) is 10.0 Å². The van der Waals surface area contributed by atoms with Crippen molar-refractivity contribution in [2.24, 2.45) is 18.7 Å². The Hall–Kier alpha value is -0.630. The first-order valence-corrected chi connectivity index (χ1v) is 8.51. The molecule has 8 heteroatoms. The van der Waals surface area contributed by atoms with Crippen molar-refractivity contribution in [2.75, 3.05) is 13.1 Å². The number of aromatic nitrogens is 2. The van der Waals surface area contributed by atoms with Gasteiger partial charge in [-0.05, 0) is 32.6 Å². The molecule has 0 bridgehead atoms. The highest BCUT2D eigenvalue weighted by atomic mass is 35.5. The summed E-state index contributed by atoms with van der Waals surface area (Å²) in [5, 5.41) is 4.24. The molecule has 1 aliphatic heterocycles. The van der Waals surface area contributed by atoms with Crippen molar-refractivity contribution in [2.45, 2.75) is 37.6 Å². The van der Waals surface area contributed by atoms with Crippen molar-refractivity contribution < 1.29 is 8.42 Å². The first-order valence-electron chi connectivity index (χ1n) is 6.70. The molecular weight excluding hydrogens is 300 g/mol. The van der Waals surface area contributed by atoms with Gasteiger partial charge in [0.05, 0.1) is 5.69 Å². The number of aryl methyl sites for hydroxylation is 2. The molecule has 1 aromatic rings. The first kappa shape index (κ1) is 15.8. The molecule has 0 aromatic carbocycles. The summed E-state index contributed by atoms with van der Waals surface area (Å²) in [6, 6.07) is -0.0153. The number of sulfonamides is 1. The second kappa shape index (κ2) is 5.63. The van der Waals surface area contributed by atoms with E-state index in [9.17, 15) is 8.42 Å². The maximum atomic E-state index is 12.8. The molecule has 2 rings (SSSR count). The summed E-state index contributed by atoms with van der Waals surface area (Å²) in [5.41, 5.74) is 6.34. The fraction of sp³-hybridized carbons (Fsp3) is 0.750. The Balaban J connectivity index is 2.35. The van der Waals surface area contributed by atoms with E-state index in [0.29, 0.717) is 18.8 Å². The van der Waals surface area contributed by atoms with Gasteiger partial charge in [0.2, 0.25) is 10.0 Å². The van der Waals surface area contributed by atoms with Crippen LogP contribution in [0.15, 0.2) is 4.90 Å². The van der Waals surface area contributed by atoms with E-state index >= 15 is 0 Å². The third kappa shape index (κ3) is 2.72. The molecule has 6 nitrogen and oxygen atoms in total. The monoisotopic (exact) mass is 320 g/mol. The molecule has 0 saturated carbocycles. The standard InChI is InChI=1S/C12H21ClN4O2S/c1-8(14)10-5-4-6-17(7-10)20(18,19)11-9(2)15-16(3)12(11)13/h8,10H,4-7,14H2,1-3H3/t8-,10-/m0/s1. The number of hydrogen-bond acceptors (Lipinski definition) is 4. The molecule has 1 saturated heterocycles. The van der Waals surface area contributed by atoms with Gasteiger partial charge in [-0.3, -0.25) is 4.68 Å². The molecule has 2 heterocycles. The molecular formula is C12H21ClN4O2S. The highest BCUT2D eigenvalue weighted by Crippen LogP contribution is 2.30. The van der Waals surface area contributed by atoms with Crippen molar-refractivity contribution in [1.82, 2.24) is 14.1 Å². The Labute approximate surface area is 124 Å². The predicted octanol–water partition coefficient (Wildman–Crippen LogP) is 1.13. The highest BCUT2D eigenvalue weighted by Gasteiger charge is 2.35. The van der Waals surface area contributed by atoms with E-state index in [-0.39, 0.29) is 22.0 Å². The average molecular weight is 321 g/mol. The number of hydrogen-bond donors (Lipinski definition) is 1. The summed E-state index contributed by atoms with van der Waals surface area (Å²) in [6.07, 6.45) is 1.78. The van der Waals surface area contributed by atoms with Gasteiger partial charge in [0.25, 0.3) is 0 Å². The number of nitrogens with two attached hydrogens (primary N) is 1. The van der Waals surface area contributed by atoms with Crippen LogP contribution in [0.5, 0.6) is 0 Å². The molecule has 1 aliphatic rings. The lowest BCUT2D eigenvalue weighted by Gasteiger charge is -2.33. The largest absolute Gasteiger partial charge is 0.328 e. The third-order valence-corrected chi connectivity index (χ3v) is 6.42. The highest BCUT2D eigenvalue weighted by molar-refractivity contribution is 7.89. The summed E-state index contributed by atoms with van der Waals surface area (Å²) in [6.45, 7) is 4.54. The van der Waals surface area contributed by atoms with Crippen LogP contribution in [0, 0.1) is 12.8 Å². The van der Waals surface area contributed by atoms with Gasteiger partial charge in [0, 0.05) is 26.2 Å². The lowest BCUT2D eigenvalue weighted by molar-refractivity contribution is 0.243. The van der Waals surface area contributed by atoms with Gasteiger partial charge in [-0.25, -0.2) is 8.42 Å². The lowest BCUT2D eigenvalue weighted by atomic mass is 9.93. The van der Waals surface area contributed by atoms with E-state index in [1.807, 2.05) is 6.92 Å². The predicted molar refractivity (Wildman–Crippen MR) is 78.1 cm³/mol. The Morgan fingerprint density at radius 1 is 1.50 bits per heavy atom. The molecule has 2 N–H and O–H groups in total. The Morgan fingerprint density at radius 3 is 2.65 bits per heavy atom. The number of rotatable bonds is 3. The van der Waals surface area contributed by atoms with Crippen LogP contribution < -0.4 is 5.73 Å². The molecule has 0 unspecified atom stereocenters. The normalized spacial score (nSPS) is 22.9. The van der Waals surface area contributed by atoms with Gasteiger partial charge >= 0.3 is 0 Å². The third-order valence-electron chi connectivity index (χ3n) is 3.86. The van der Waals surface area contributed by atoms with Crippen molar-refractivity contribution in [1.29, 1.82) is 0 Å². The molecule has 0 radical (unpaired) electrons. The zero-order valence-corrected chi connectivity index (χ0v) is 13.6. The zero-order valence-electron chi connectivity index (χ0n) is 12.0. The van der Waals surface area contributed by atoms with Gasteiger partial charge in [-0.1, -0.05) is 11.6 Å². The van der Waals surface area contributed by atoms with Crippen molar-refractivity contribution in [3.63, 3.8) is 0 Å². The number of piperidine rings is 1. The van der Waals surface area contributed by atoms with Crippen LogP contribution in [0.25, 0.3) is 0 Å². The van der Waals surface area contributed by atoms with Crippen molar-refractivity contribution in [3.8, 4) is 0 Å². The van der Waals surface area contributed by atoms with E-state index in [2.05, 4.69) is 5.10 Å². The summed E-state index contributed by atoms with van der Waals surface area (Å²) >= 11 is 6.09. The van der Waals surface area contributed by atoms with E-state index < -0.39 is 10.0 Å². The summed E-state index contributed by atoms with van der Waals surface area (Å²) in [5.74, 6) is 0.189. The Morgan fingerprint density at radius 2 is 2.15 bits per heavy atom. The number of halogens is 1. The summed E-state index contributed by atoms with van der Waals surface area (Å²) in [4.78, 5) is 0.118. The van der Waals surface area contributed by atoms with E-state index in [4.69, 9.17) is 17.3 Å². The summed E-state index contributed by atoms with van der Waals surface area (Å²) < 4.78 is 28.4. The van der Waals surface area contributed by atoms with E-state index in [0.717, 1.165) is 12.8 Å². The molecule has 1 fully saturated rings. The summed E-state index contributed by atoms with van der Waals surface area (Å²) in [7, 11) is -1.97. The Kier molecular flexibility index (Phi) is 4.44. The van der Waals surface area contributed by atoms with Gasteiger partial charge in [-0.15, -0.1) is 0 Å². The van der Waals surface area contributed by atoms with Crippen LogP contribution in [-0.4, -0.2) is 41.6 Å². The second-order valence-electron chi connectivity index (χ2n) is 5.45. The van der Waals surface area contributed by atoms with Crippen LogP contribution in [0.3, 0.4) is 0 Å². The molecule has 114 valence electrons. The average Bonchev–Trinajstić information content (AvgIpc) is 2.63. The van der Waals surface area contributed by atoms with Crippen molar-refractivity contribution >= 4 is 21.6 Å². The fourth-order valence-corrected chi connectivity index (χ4v) is 4.90.